The number of hydrogen-bond acceptors (Lipinski definition) is 5. The second kappa shape index (κ2) is 7.63. The summed E-state index contributed by atoms with van der Waals surface area (Å²) in [5.41, 5.74) is 1.53. The van der Waals surface area contributed by atoms with Crippen LogP contribution >= 0.6 is 0 Å². The lowest BCUT2D eigenvalue weighted by Crippen LogP contribution is -2.35. The van der Waals surface area contributed by atoms with E-state index in [1.165, 1.54) is 26.0 Å². The van der Waals surface area contributed by atoms with Crippen molar-refractivity contribution < 1.29 is 27.1 Å². The first kappa shape index (κ1) is 21.8. The highest BCUT2D eigenvalue weighted by Gasteiger charge is 2.34. The van der Waals surface area contributed by atoms with Crippen molar-refractivity contribution in [1.29, 1.82) is 0 Å². The molecule has 1 heterocycles. The number of rotatable bonds is 6. The van der Waals surface area contributed by atoms with Gasteiger partial charge in [-0.05, 0) is 80.5 Å². The van der Waals surface area contributed by atoms with Gasteiger partial charge in [0.05, 0.1) is 11.9 Å². The molecule has 2 amide bonds. The van der Waals surface area contributed by atoms with Gasteiger partial charge in [-0.3, -0.25) is 0 Å². The second-order valence-corrected chi connectivity index (χ2v) is 10.6. The van der Waals surface area contributed by atoms with Crippen molar-refractivity contribution in [2.75, 3.05) is 5.32 Å². The number of furan rings is 1. The predicted octanol–water partition coefficient (Wildman–Crippen LogP) is 4.16. The van der Waals surface area contributed by atoms with Crippen molar-refractivity contribution in [1.82, 2.24) is 4.72 Å². The van der Waals surface area contributed by atoms with Gasteiger partial charge in [-0.2, -0.15) is 8.42 Å². The topological polar surface area (TPSA) is 109 Å². The van der Waals surface area contributed by atoms with Gasteiger partial charge in [-0.25, -0.2) is 13.9 Å². The molecule has 4 rings (SSSR count). The molecule has 0 saturated heterocycles. The number of halogens is 1. The van der Waals surface area contributed by atoms with Crippen LogP contribution in [0.2, 0.25) is 0 Å². The summed E-state index contributed by atoms with van der Waals surface area (Å²) < 4.78 is 46.8. The average Bonchev–Trinajstić information content (AvgIpc) is 3.17. The van der Waals surface area contributed by atoms with E-state index < -0.39 is 26.7 Å². The number of aliphatic hydroxyl groups is 1. The molecule has 1 atom stereocenters. The van der Waals surface area contributed by atoms with Crippen LogP contribution in [0, 0.1) is 11.7 Å². The molecular weight excluding hydrogens is 423 g/mol. The minimum atomic E-state index is -4.29. The molecule has 7 nitrogen and oxygen atoms in total. The van der Waals surface area contributed by atoms with Crippen molar-refractivity contribution >= 4 is 21.7 Å². The molecule has 1 aromatic heterocycles. The van der Waals surface area contributed by atoms with E-state index in [0.29, 0.717) is 35.6 Å². The van der Waals surface area contributed by atoms with E-state index in [4.69, 9.17) is 4.42 Å². The maximum absolute atomic E-state index is 14.6. The van der Waals surface area contributed by atoms with E-state index in [0.717, 1.165) is 31.1 Å². The first-order chi connectivity index (χ1) is 14.5. The molecule has 0 spiro atoms. The van der Waals surface area contributed by atoms with Crippen molar-refractivity contribution in [3.8, 4) is 0 Å². The summed E-state index contributed by atoms with van der Waals surface area (Å²) in [6.45, 7) is 4.99. The number of hydrogen-bond donors (Lipinski definition) is 3. The molecular formula is C22H27FN2O5S. The Labute approximate surface area is 181 Å². The second-order valence-electron chi connectivity index (χ2n) is 9.03. The molecule has 1 fully saturated rings. The molecule has 2 aliphatic rings. The van der Waals surface area contributed by atoms with Crippen molar-refractivity contribution in [2.24, 2.45) is 5.92 Å². The molecule has 2 aliphatic carbocycles. The van der Waals surface area contributed by atoms with Crippen LogP contribution in [0.25, 0.3) is 0 Å². The highest BCUT2D eigenvalue weighted by molar-refractivity contribution is 7.89. The van der Waals surface area contributed by atoms with Gasteiger partial charge in [-0.15, -0.1) is 0 Å². The lowest BCUT2D eigenvalue weighted by atomic mass is 9.90. The summed E-state index contributed by atoms with van der Waals surface area (Å²) in [6, 6.07) is 1.72. The van der Waals surface area contributed by atoms with Crippen LogP contribution in [0.5, 0.6) is 0 Å². The molecule has 1 saturated carbocycles. The zero-order valence-electron chi connectivity index (χ0n) is 17.8. The van der Waals surface area contributed by atoms with E-state index in [9.17, 15) is 22.7 Å². The quantitative estimate of drug-likeness (QED) is 0.612. The van der Waals surface area contributed by atoms with Crippen molar-refractivity contribution in [2.45, 2.75) is 69.5 Å². The standard InChI is InChI=1S/C22H27FN2O5S/c1-12(13-7-8-13)17-10-18(23)15-5-4-6-16(15)20(17)24-21(26)25-31(28,29)19-9-14(11-30-19)22(2,3)27/h9-13,27H,4-8H2,1-3H3,(H2,24,25,26)/t12-/m1/s1. The number of sulfonamides is 1. The lowest BCUT2D eigenvalue weighted by molar-refractivity contribution is 0.0779. The highest BCUT2D eigenvalue weighted by Crippen LogP contribution is 2.47. The van der Waals surface area contributed by atoms with E-state index >= 15 is 0 Å². The van der Waals surface area contributed by atoms with E-state index in [1.807, 2.05) is 11.6 Å². The third kappa shape index (κ3) is 4.34. The first-order valence-electron chi connectivity index (χ1n) is 10.5. The Kier molecular flexibility index (Phi) is 5.37. The molecule has 3 N–H and O–H groups in total. The maximum Gasteiger partial charge on any atom is 0.333 e. The summed E-state index contributed by atoms with van der Waals surface area (Å²) in [4.78, 5) is 12.7. The van der Waals surface area contributed by atoms with Gasteiger partial charge in [0.25, 0.3) is 10.0 Å². The van der Waals surface area contributed by atoms with E-state index in [-0.39, 0.29) is 17.3 Å². The lowest BCUT2D eigenvalue weighted by Gasteiger charge is -2.21. The molecule has 9 heteroatoms. The van der Waals surface area contributed by atoms with Gasteiger partial charge in [0.2, 0.25) is 5.09 Å². The van der Waals surface area contributed by atoms with Crippen LogP contribution < -0.4 is 10.0 Å². The van der Waals surface area contributed by atoms with Gasteiger partial charge in [0.1, 0.15) is 5.82 Å². The van der Waals surface area contributed by atoms with Crippen molar-refractivity contribution in [3.63, 3.8) is 0 Å². The summed E-state index contributed by atoms with van der Waals surface area (Å²) in [7, 11) is -4.29. The number of nitrogens with one attached hydrogen (secondary N) is 2. The fourth-order valence-corrected chi connectivity index (χ4v) is 5.05. The van der Waals surface area contributed by atoms with Crippen LogP contribution in [0.1, 0.15) is 68.2 Å². The summed E-state index contributed by atoms with van der Waals surface area (Å²) in [6.07, 6.45) is 5.26. The van der Waals surface area contributed by atoms with Gasteiger partial charge in [0, 0.05) is 17.3 Å². The Bertz CT molecular complexity index is 1130. The maximum atomic E-state index is 14.6. The first-order valence-corrected chi connectivity index (χ1v) is 11.9. The normalized spacial score (nSPS) is 17.3. The van der Waals surface area contributed by atoms with Crippen LogP contribution in [-0.2, 0) is 28.5 Å². The number of urea groups is 1. The number of benzene rings is 1. The Hall–Kier alpha value is -2.39. The van der Waals surface area contributed by atoms with Crippen LogP contribution in [0.15, 0.2) is 27.9 Å². The summed E-state index contributed by atoms with van der Waals surface area (Å²) in [5, 5.41) is 12.2. The Morgan fingerprint density at radius 3 is 2.55 bits per heavy atom. The number of carbonyl (C=O) groups is 1. The average molecular weight is 451 g/mol. The number of amides is 2. The molecule has 0 unspecified atom stereocenters. The van der Waals surface area contributed by atoms with E-state index in [2.05, 4.69) is 5.32 Å². The zero-order chi connectivity index (χ0) is 22.6. The molecule has 1 aromatic carbocycles. The fourth-order valence-electron chi connectivity index (χ4n) is 4.20. The zero-order valence-corrected chi connectivity index (χ0v) is 18.6. The minimum absolute atomic E-state index is 0.0618. The third-order valence-electron chi connectivity index (χ3n) is 6.21. The highest BCUT2D eigenvalue weighted by atomic mass is 32.2. The van der Waals surface area contributed by atoms with E-state index in [1.54, 1.807) is 0 Å². The third-order valence-corrected chi connectivity index (χ3v) is 7.41. The summed E-state index contributed by atoms with van der Waals surface area (Å²) in [5.74, 6) is 0.240. The van der Waals surface area contributed by atoms with Crippen LogP contribution in [-0.4, -0.2) is 19.6 Å². The van der Waals surface area contributed by atoms with Gasteiger partial charge < -0.3 is 14.8 Å². The number of anilines is 1. The summed E-state index contributed by atoms with van der Waals surface area (Å²) >= 11 is 0. The smallest absolute Gasteiger partial charge is 0.333 e. The van der Waals surface area contributed by atoms with Gasteiger partial charge in [0.15, 0.2) is 0 Å². The Morgan fingerprint density at radius 2 is 1.94 bits per heavy atom. The molecule has 0 bridgehead atoms. The Balaban J connectivity index is 1.60. The minimum Gasteiger partial charge on any atom is -0.451 e. The van der Waals surface area contributed by atoms with Crippen LogP contribution in [0.4, 0.5) is 14.9 Å². The van der Waals surface area contributed by atoms with Crippen molar-refractivity contribution in [3.05, 3.63) is 46.5 Å². The van der Waals surface area contributed by atoms with Gasteiger partial charge >= 0.3 is 6.03 Å². The molecule has 2 aromatic rings. The number of carbonyl (C=O) groups excluding carboxylic acids is 1. The monoisotopic (exact) mass is 450 g/mol. The SMILES string of the molecule is C[C@@H](c1cc(F)c2c(c1NC(=O)NS(=O)(=O)c1cc(C(C)(C)O)co1)CCC2)C1CC1. The van der Waals surface area contributed by atoms with Gasteiger partial charge in [-0.1, -0.05) is 6.92 Å². The molecule has 0 aliphatic heterocycles. The number of fused-ring (bicyclic) bond motifs is 1. The fraction of sp³-hybridized carbons (Fsp3) is 0.500. The predicted molar refractivity (Wildman–Crippen MR) is 113 cm³/mol. The molecule has 31 heavy (non-hydrogen) atoms. The largest absolute Gasteiger partial charge is 0.451 e. The molecule has 168 valence electrons. The van der Waals surface area contributed by atoms with Crippen LogP contribution in [0.3, 0.4) is 0 Å². The molecule has 0 radical (unpaired) electrons. The Morgan fingerprint density at radius 1 is 1.26 bits per heavy atom.